The van der Waals surface area contributed by atoms with Crippen molar-refractivity contribution in [2.45, 2.75) is 37.5 Å². The fourth-order valence-corrected chi connectivity index (χ4v) is 3.30. The van der Waals surface area contributed by atoms with E-state index in [0.717, 1.165) is 50.5 Å². The molecule has 122 valence electrons. The van der Waals surface area contributed by atoms with E-state index in [2.05, 4.69) is 20.1 Å². The molecule has 1 saturated heterocycles. The van der Waals surface area contributed by atoms with Crippen LogP contribution in [0.4, 0.5) is 5.69 Å². The van der Waals surface area contributed by atoms with Gasteiger partial charge < -0.3 is 9.42 Å². The van der Waals surface area contributed by atoms with Gasteiger partial charge in [0.2, 0.25) is 5.89 Å². The van der Waals surface area contributed by atoms with Gasteiger partial charge in [-0.3, -0.25) is 4.79 Å². The van der Waals surface area contributed by atoms with E-state index >= 15 is 0 Å². The van der Waals surface area contributed by atoms with Crippen molar-refractivity contribution in [1.29, 1.82) is 0 Å². The van der Waals surface area contributed by atoms with E-state index in [4.69, 9.17) is 16.1 Å². The molecule has 2 aromatic heterocycles. The number of piperidine rings is 1. The molecule has 0 spiro atoms. The minimum Gasteiger partial charge on any atom is -0.369 e. The van der Waals surface area contributed by atoms with Gasteiger partial charge in [-0.1, -0.05) is 16.8 Å². The Hall–Kier alpha value is -1.89. The molecule has 1 saturated carbocycles. The Labute approximate surface area is 138 Å². The molecule has 2 fully saturated rings. The second-order valence-electron chi connectivity index (χ2n) is 6.30. The van der Waals surface area contributed by atoms with Gasteiger partial charge in [0.25, 0.3) is 5.56 Å². The number of aryl methyl sites for hydroxylation is 1. The maximum atomic E-state index is 11.9. The molecule has 0 amide bonds. The number of hydrogen-bond donors (Lipinski definition) is 0. The number of hydrogen-bond acceptors (Lipinski definition) is 6. The molecule has 1 aliphatic heterocycles. The topological polar surface area (TPSA) is 77.1 Å². The molecule has 0 N–H and O–H groups in total. The molecule has 0 atom stereocenters. The quantitative estimate of drug-likeness (QED) is 0.854. The summed E-state index contributed by atoms with van der Waals surface area (Å²) in [6.07, 6.45) is 5.80. The van der Waals surface area contributed by atoms with Crippen molar-refractivity contribution in [2.75, 3.05) is 18.0 Å². The van der Waals surface area contributed by atoms with Gasteiger partial charge in [-0.05, 0) is 25.7 Å². The summed E-state index contributed by atoms with van der Waals surface area (Å²) in [5.74, 6) is 2.41. The lowest BCUT2D eigenvalue weighted by Gasteiger charge is -2.32. The van der Waals surface area contributed by atoms with Gasteiger partial charge in [0.1, 0.15) is 5.02 Å². The summed E-state index contributed by atoms with van der Waals surface area (Å²) in [5, 5.41) is 8.44. The molecule has 0 aromatic carbocycles. The average molecular weight is 336 g/mol. The zero-order valence-corrected chi connectivity index (χ0v) is 13.7. The zero-order valence-electron chi connectivity index (χ0n) is 12.9. The predicted octanol–water partition coefficient (Wildman–Crippen LogP) is 2.08. The van der Waals surface area contributed by atoms with Crippen LogP contribution >= 0.6 is 11.6 Å². The number of aromatic nitrogens is 4. The maximum absolute atomic E-state index is 11.9. The minimum absolute atomic E-state index is 0.233. The van der Waals surface area contributed by atoms with Gasteiger partial charge in [0, 0.05) is 32.0 Å². The van der Waals surface area contributed by atoms with Crippen LogP contribution in [0.3, 0.4) is 0 Å². The molecular weight excluding hydrogens is 318 g/mol. The first-order valence-electron chi connectivity index (χ1n) is 7.93. The first-order valence-corrected chi connectivity index (χ1v) is 8.31. The van der Waals surface area contributed by atoms with Crippen LogP contribution in [0.2, 0.25) is 5.02 Å². The van der Waals surface area contributed by atoms with Crippen LogP contribution in [0.25, 0.3) is 0 Å². The highest BCUT2D eigenvalue weighted by Gasteiger charge is 2.32. The van der Waals surface area contributed by atoms with E-state index in [-0.39, 0.29) is 10.6 Å². The molecule has 1 aliphatic carbocycles. The zero-order chi connectivity index (χ0) is 16.0. The lowest BCUT2D eigenvalue weighted by atomic mass is 9.96. The van der Waals surface area contributed by atoms with E-state index in [9.17, 15) is 4.79 Å². The molecule has 23 heavy (non-hydrogen) atoms. The predicted molar refractivity (Wildman–Crippen MR) is 84.9 cm³/mol. The third-order valence-corrected chi connectivity index (χ3v) is 5.00. The number of anilines is 1. The van der Waals surface area contributed by atoms with E-state index in [1.54, 1.807) is 13.2 Å². The van der Waals surface area contributed by atoms with Crippen molar-refractivity contribution >= 4 is 17.3 Å². The van der Waals surface area contributed by atoms with Gasteiger partial charge in [-0.25, -0.2) is 4.68 Å². The minimum atomic E-state index is -0.265. The molecule has 8 heteroatoms. The van der Waals surface area contributed by atoms with Crippen molar-refractivity contribution in [3.8, 4) is 0 Å². The van der Waals surface area contributed by atoms with Gasteiger partial charge in [-0.15, -0.1) is 0 Å². The Morgan fingerprint density at radius 3 is 2.65 bits per heavy atom. The molecule has 2 aliphatic rings. The first-order chi connectivity index (χ1) is 11.1. The largest absolute Gasteiger partial charge is 0.369 e. The van der Waals surface area contributed by atoms with Gasteiger partial charge >= 0.3 is 0 Å². The van der Waals surface area contributed by atoms with Crippen LogP contribution < -0.4 is 10.5 Å². The molecule has 7 nitrogen and oxygen atoms in total. The lowest BCUT2D eigenvalue weighted by molar-refractivity contribution is 0.365. The van der Waals surface area contributed by atoms with Crippen LogP contribution in [0.5, 0.6) is 0 Å². The Morgan fingerprint density at radius 2 is 1.96 bits per heavy atom. The highest BCUT2D eigenvalue weighted by atomic mass is 35.5. The lowest BCUT2D eigenvalue weighted by Crippen LogP contribution is -2.35. The Bertz CT molecular complexity index is 774. The third-order valence-electron chi connectivity index (χ3n) is 4.64. The van der Waals surface area contributed by atoms with Crippen LogP contribution in [-0.2, 0) is 7.05 Å². The molecule has 0 unspecified atom stereocenters. The molecule has 0 bridgehead atoms. The van der Waals surface area contributed by atoms with E-state index in [1.807, 2.05) is 0 Å². The molecule has 2 aromatic rings. The smallest absolute Gasteiger partial charge is 0.287 e. The Morgan fingerprint density at radius 1 is 1.22 bits per heavy atom. The van der Waals surface area contributed by atoms with Crippen LogP contribution in [0.15, 0.2) is 15.5 Å². The monoisotopic (exact) mass is 335 g/mol. The van der Waals surface area contributed by atoms with Crippen LogP contribution in [-0.4, -0.2) is 33.0 Å². The maximum Gasteiger partial charge on any atom is 0.287 e. The van der Waals surface area contributed by atoms with E-state index < -0.39 is 0 Å². The molecule has 0 radical (unpaired) electrons. The number of nitrogens with zero attached hydrogens (tertiary/aromatic N) is 5. The van der Waals surface area contributed by atoms with E-state index in [1.165, 1.54) is 4.68 Å². The van der Waals surface area contributed by atoms with Gasteiger partial charge in [0.15, 0.2) is 5.82 Å². The van der Waals surface area contributed by atoms with Gasteiger partial charge in [0.05, 0.1) is 11.9 Å². The summed E-state index contributed by atoms with van der Waals surface area (Å²) >= 11 is 6.18. The summed E-state index contributed by atoms with van der Waals surface area (Å²) in [4.78, 5) is 18.6. The van der Waals surface area contributed by atoms with Gasteiger partial charge in [-0.2, -0.15) is 10.1 Å². The summed E-state index contributed by atoms with van der Waals surface area (Å²) in [6, 6.07) is 0. The van der Waals surface area contributed by atoms with Crippen molar-refractivity contribution < 1.29 is 4.52 Å². The molecule has 4 rings (SSSR count). The fraction of sp³-hybridized carbons (Fsp3) is 0.600. The Balaban J connectivity index is 1.46. The third kappa shape index (κ3) is 2.73. The number of halogens is 1. The standard InChI is InChI=1S/C15H18ClN5O2/c1-20-15(22)12(16)11(8-17-20)21-6-4-9(5-7-21)13-18-14(23-19-13)10-2-3-10/h8-10H,2-7H2,1H3. The second-order valence-corrected chi connectivity index (χ2v) is 6.68. The summed E-state index contributed by atoms with van der Waals surface area (Å²) in [7, 11) is 1.60. The highest BCUT2D eigenvalue weighted by molar-refractivity contribution is 6.33. The summed E-state index contributed by atoms with van der Waals surface area (Å²) in [5.41, 5.74) is 0.443. The molecular formula is C15H18ClN5O2. The second kappa shape index (κ2) is 5.63. The van der Waals surface area contributed by atoms with Crippen molar-refractivity contribution in [2.24, 2.45) is 7.05 Å². The first kappa shape index (κ1) is 14.7. The summed E-state index contributed by atoms with van der Waals surface area (Å²) < 4.78 is 6.60. The van der Waals surface area contributed by atoms with E-state index in [0.29, 0.717) is 17.5 Å². The van der Waals surface area contributed by atoms with Crippen LogP contribution in [0.1, 0.15) is 49.2 Å². The average Bonchev–Trinajstić information content (AvgIpc) is 3.30. The van der Waals surface area contributed by atoms with Crippen molar-refractivity contribution in [3.05, 3.63) is 33.3 Å². The highest BCUT2D eigenvalue weighted by Crippen LogP contribution is 2.40. The van der Waals surface area contributed by atoms with Crippen molar-refractivity contribution in [1.82, 2.24) is 19.9 Å². The molecule has 3 heterocycles. The Kier molecular flexibility index (Phi) is 3.60. The number of rotatable bonds is 3. The summed E-state index contributed by atoms with van der Waals surface area (Å²) in [6.45, 7) is 1.60. The van der Waals surface area contributed by atoms with Crippen molar-refractivity contribution in [3.63, 3.8) is 0 Å². The normalized spacial score (nSPS) is 19.3. The fourth-order valence-electron chi connectivity index (χ4n) is 3.01. The van der Waals surface area contributed by atoms with Crippen LogP contribution in [0, 0.1) is 0 Å². The SMILES string of the molecule is Cn1ncc(N2CCC(c3noc(C4CC4)n3)CC2)c(Cl)c1=O.